The average Bonchev–Trinajstić information content (AvgIpc) is 2.34. The van der Waals surface area contributed by atoms with Crippen LogP contribution in [0.25, 0.3) is 6.08 Å². The second-order valence-corrected chi connectivity index (χ2v) is 3.68. The van der Waals surface area contributed by atoms with E-state index < -0.39 is 25.1 Å². The van der Waals surface area contributed by atoms with E-state index in [0.717, 1.165) is 0 Å². The molecule has 0 N–H and O–H groups in total. The van der Waals surface area contributed by atoms with Crippen molar-refractivity contribution in [3.63, 3.8) is 0 Å². The molecule has 0 aliphatic rings. The molecule has 1 atom stereocenters. The molecule has 1 aromatic rings. The van der Waals surface area contributed by atoms with Crippen molar-refractivity contribution in [1.29, 1.82) is 0 Å². The Balaban J connectivity index is 2.79. The highest BCUT2D eigenvalue weighted by molar-refractivity contribution is 5.47. The number of hydrogen-bond acceptors (Lipinski definition) is 1. The van der Waals surface area contributed by atoms with E-state index in [0.29, 0.717) is 5.56 Å². The van der Waals surface area contributed by atoms with Crippen LogP contribution >= 0.6 is 0 Å². The third-order valence-electron chi connectivity index (χ3n) is 2.33. The SMILES string of the molecule is C=Cc1ccc(CO[C@](F)(C(F)F)C(F)(F)F)cc1. The van der Waals surface area contributed by atoms with Crippen LogP contribution in [0.15, 0.2) is 30.8 Å². The highest BCUT2D eigenvalue weighted by Crippen LogP contribution is 2.40. The normalized spacial score (nSPS) is 15.3. The van der Waals surface area contributed by atoms with Gasteiger partial charge in [0.15, 0.2) is 0 Å². The van der Waals surface area contributed by atoms with E-state index in [-0.39, 0.29) is 5.56 Å². The monoisotopic (exact) mass is 284 g/mol. The maximum absolute atomic E-state index is 13.1. The molecule has 0 saturated heterocycles. The summed E-state index contributed by atoms with van der Waals surface area (Å²) in [4.78, 5) is 0. The average molecular weight is 284 g/mol. The molecule has 0 unspecified atom stereocenters. The second-order valence-electron chi connectivity index (χ2n) is 3.68. The Bertz CT molecular complexity index is 425. The van der Waals surface area contributed by atoms with Crippen LogP contribution in [-0.2, 0) is 11.3 Å². The maximum Gasteiger partial charge on any atom is 0.454 e. The standard InChI is InChI=1S/C12H10F6O/c1-2-8-3-5-9(6-4-8)7-19-11(15,10(13)14)12(16,17)18/h2-6,10H,1,7H2/t11-/m1/s1. The van der Waals surface area contributed by atoms with Crippen molar-refractivity contribution < 1.29 is 31.1 Å². The lowest BCUT2D eigenvalue weighted by atomic mass is 10.1. The Hall–Kier alpha value is -1.50. The minimum Gasteiger partial charge on any atom is -0.330 e. The van der Waals surface area contributed by atoms with Gasteiger partial charge in [0.2, 0.25) is 0 Å². The van der Waals surface area contributed by atoms with E-state index >= 15 is 0 Å². The first-order valence-electron chi connectivity index (χ1n) is 5.10. The molecule has 0 bridgehead atoms. The van der Waals surface area contributed by atoms with Crippen LogP contribution < -0.4 is 0 Å². The van der Waals surface area contributed by atoms with Crippen LogP contribution in [0.2, 0.25) is 0 Å². The number of benzene rings is 1. The Labute approximate surface area is 105 Å². The van der Waals surface area contributed by atoms with Crippen molar-refractivity contribution in [1.82, 2.24) is 0 Å². The topological polar surface area (TPSA) is 9.23 Å². The third-order valence-corrected chi connectivity index (χ3v) is 2.33. The van der Waals surface area contributed by atoms with Gasteiger partial charge >= 0.3 is 18.5 Å². The van der Waals surface area contributed by atoms with Gasteiger partial charge < -0.3 is 4.74 Å². The zero-order valence-corrected chi connectivity index (χ0v) is 9.55. The van der Waals surface area contributed by atoms with Crippen LogP contribution in [-0.4, -0.2) is 18.5 Å². The summed E-state index contributed by atoms with van der Waals surface area (Å²) in [6.07, 6.45) is -8.64. The van der Waals surface area contributed by atoms with Gasteiger partial charge in [0.25, 0.3) is 0 Å². The van der Waals surface area contributed by atoms with Crippen LogP contribution in [0.5, 0.6) is 0 Å². The summed E-state index contributed by atoms with van der Waals surface area (Å²) >= 11 is 0. The van der Waals surface area contributed by atoms with E-state index in [4.69, 9.17) is 0 Å². The first-order chi connectivity index (χ1) is 8.70. The molecule has 1 rings (SSSR count). The van der Waals surface area contributed by atoms with Gasteiger partial charge in [-0.25, -0.2) is 8.78 Å². The molecule has 0 radical (unpaired) electrons. The Kier molecular flexibility index (Phi) is 4.62. The van der Waals surface area contributed by atoms with Crippen molar-refractivity contribution in [3.8, 4) is 0 Å². The molecule has 0 fully saturated rings. The lowest BCUT2D eigenvalue weighted by Gasteiger charge is -2.26. The van der Waals surface area contributed by atoms with Gasteiger partial charge in [-0.2, -0.15) is 17.6 Å². The first kappa shape index (κ1) is 15.6. The number of rotatable bonds is 5. The van der Waals surface area contributed by atoms with Gasteiger partial charge in [-0.15, -0.1) is 0 Å². The van der Waals surface area contributed by atoms with Gasteiger partial charge in [-0.1, -0.05) is 36.9 Å². The summed E-state index contributed by atoms with van der Waals surface area (Å²) in [5.41, 5.74) is 0.817. The van der Waals surface area contributed by atoms with Crippen LogP contribution in [0, 0.1) is 0 Å². The molecule has 0 aliphatic heterocycles. The predicted molar refractivity (Wildman–Crippen MR) is 57.2 cm³/mol. The molecule has 0 spiro atoms. The number of ether oxygens (including phenoxy) is 1. The molecule has 7 heteroatoms. The van der Waals surface area contributed by atoms with Gasteiger partial charge in [0.1, 0.15) is 0 Å². The number of alkyl halides is 6. The minimum absolute atomic E-state index is 0.137. The lowest BCUT2D eigenvalue weighted by molar-refractivity contribution is -0.372. The summed E-state index contributed by atoms with van der Waals surface area (Å²) in [6.45, 7) is 2.54. The van der Waals surface area contributed by atoms with Crippen molar-refractivity contribution in [2.24, 2.45) is 0 Å². The molecule has 0 heterocycles. The summed E-state index contributed by atoms with van der Waals surface area (Å²) < 4.78 is 77.8. The van der Waals surface area contributed by atoms with Crippen LogP contribution in [0.1, 0.15) is 11.1 Å². The summed E-state index contributed by atoms with van der Waals surface area (Å²) in [5.74, 6) is -4.97. The van der Waals surface area contributed by atoms with Gasteiger partial charge in [0.05, 0.1) is 6.61 Å². The molecule has 1 aromatic carbocycles. The highest BCUT2D eigenvalue weighted by atomic mass is 19.4. The van der Waals surface area contributed by atoms with E-state index in [2.05, 4.69) is 11.3 Å². The zero-order chi connectivity index (χ0) is 14.7. The Morgan fingerprint density at radius 3 is 2.00 bits per heavy atom. The largest absolute Gasteiger partial charge is 0.454 e. The van der Waals surface area contributed by atoms with Crippen molar-refractivity contribution in [3.05, 3.63) is 42.0 Å². The fourth-order valence-corrected chi connectivity index (χ4v) is 1.21. The molecule has 0 aliphatic carbocycles. The fraction of sp³-hybridized carbons (Fsp3) is 0.333. The maximum atomic E-state index is 13.1. The molecule has 19 heavy (non-hydrogen) atoms. The Morgan fingerprint density at radius 2 is 1.63 bits per heavy atom. The Morgan fingerprint density at radius 1 is 1.11 bits per heavy atom. The molecule has 1 nitrogen and oxygen atoms in total. The lowest BCUT2D eigenvalue weighted by Crippen LogP contribution is -2.49. The van der Waals surface area contributed by atoms with E-state index in [1.807, 2.05) is 0 Å². The van der Waals surface area contributed by atoms with Crippen LogP contribution in [0.3, 0.4) is 0 Å². The molecule has 0 amide bonds. The van der Waals surface area contributed by atoms with E-state index in [9.17, 15) is 26.3 Å². The fourth-order valence-electron chi connectivity index (χ4n) is 1.21. The van der Waals surface area contributed by atoms with Crippen molar-refractivity contribution >= 4 is 6.08 Å². The van der Waals surface area contributed by atoms with Crippen LogP contribution in [0.4, 0.5) is 26.3 Å². The molecule has 0 aromatic heterocycles. The number of hydrogen-bond donors (Lipinski definition) is 0. The van der Waals surface area contributed by atoms with Crippen molar-refractivity contribution in [2.45, 2.75) is 25.1 Å². The molecular weight excluding hydrogens is 274 g/mol. The smallest absolute Gasteiger partial charge is 0.330 e. The minimum atomic E-state index is -5.80. The summed E-state index contributed by atoms with van der Waals surface area (Å²) in [7, 11) is 0. The van der Waals surface area contributed by atoms with Gasteiger partial charge in [0, 0.05) is 0 Å². The first-order valence-corrected chi connectivity index (χ1v) is 5.10. The molecule has 106 valence electrons. The van der Waals surface area contributed by atoms with Crippen molar-refractivity contribution in [2.75, 3.05) is 0 Å². The zero-order valence-electron chi connectivity index (χ0n) is 9.55. The van der Waals surface area contributed by atoms with E-state index in [1.54, 1.807) is 0 Å². The van der Waals surface area contributed by atoms with Gasteiger partial charge in [-0.05, 0) is 11.1 Å². The molecule has 0 saturated carbocycles. The third kappa shape index (κ3) is 3.50. The summed E-state index contributed by atoms with van der Waals surface area (Å²) in [5, 5.41) is 0. The second kappa shape index (κ2) is 5.64. The number of halogens is 6. The summed E-state index contributed by atoms with van der Waals surface area (Å²) in [6, 6.07) is 5.64. The predicted octanol–water partition coefficient (Wildman–Crippen LogP) is 4.34. The quantitative estimate of drug-likeness (QED) is 0.731. The highest BCUT2D eigenvalue weighted by Gasteiger charge is 2.64. The van der Waals surface area contributed by atoms with Gasteiger partial charge in [-0.3, -0.25) is 0 Å². The van der Waals surface area contributed by atoms with E-state index in [1.165, 1.54) is 30.3 Å². The molecular formula is C12H10F6O.